The number of ether oxygens (including phenoxy) is 2. The number of carbonyl (C=O) groups excluding carboxylic acids is 1. The second-order valence-corrected chi connectivity index (χ2v) is 2.78. The first-order valence-electron chi connectivity index (χ1n) is 4.06. The molecule has 1 saturated heterocycles. The average molecular weight is 184 g/mol. The molecule has 0 aromatic carbocycles. The predicted molar refractivity (Wildman–Crippen MR) is 43.8 cm³/mol. The van der Waals surface area contributed by atoms with Crippen LogP contribution in [0.1, 0.15) is 0 Å². The first-order valence-corrected chi connectivity index (χ1v) is 4.06. The van der Waals surface area contributed by atoms with Crippen LogP contribution in [0.25, 0.3) is 0 Å². The second kappa shape index (κ2) is 4.80. The highest BCUT2D eigenvalue weighted by Crippen LogP contribution is 2.05. The van der Waals surface area contributed by atoms with Gasteiger partial charge in [-0.05, 0) is 0 Å². The van der Waals surface area contributed by atoms with Crippen LogP contribution in [0.2, 0.25) is 0 Å². The van der Waals surface area contributed by atoms with Crippen LogP contribution in [0.15, 0.2) is 0 Å². The molecule has 72 valence electrons. The van der Waals surface area contributed by atoms with Crippen molar-refractivity contribution in [3.05, 3.63) is 0 Å². The van der Waals surface area contributed by atoms with E-state index in [-0.39, 0.29) is 5.97 Å². The summed E-state index contributed by atoms with van der Waals surface area (Å²) in [5.74, 6) is -0.373. The van der Waals surface area contributed by atoms with Gasteiger partial charge in [-0.25, -0.2) is 4.79 Å². The maximum absolute atomic E-state index is 11.1. The third kappa shape index (κ3) is 2.68. The predicted octanol–water partition coefficient (Wildman–Crippen LogP) is -0.616. The average Bonchev–Trinajstić information content (AvgIpc) is 2.18. The normalized spacial score (nSPS) is 23.5. The molecule has 5 heteroatoms. The smallest absolute Gasteiger partial charge is 0.336 e. The number of hydrogen-bond acceptors (Lipinski definition) is 5. The van der Waals surface area contributed by atoms with E-state index in [0.717, 1.165) is 0 Å². The lowest BCUT2D eigenvalue weighted by atomic mass is 10.3. The SMILES string of the molecule is COC(=O)[C@@H]1CN(CC#N)CCO1. The molecule has 13 heavy (non-hydrogen) atoms. The Hall–Kier alpha value is -1.12. The number of morpholine rings is 1. The van der Waals surface area contributed by atoms with Gasteiger partial charge in [-0.3, -0.25) is 4.90 Å². The van der Waals surface area contributed by atoms with E-state index in [1.54, 1.807) is 0 Å². The maximum atomic E-state index is 11.1. The van der Waals surface area contributed by atoms with E-state index < -0.39 is 6.10 Å². The molecule has 0 radical (unpaired) electrons. The fourth-order valence-electron chi connectivity index (χ4n) is 1.22. The van der Waals surface area contributed by atoms with Crippen LogP contribution < -0.4 is 0 Å². The van der Waals surface area contributed by atoms with Crippen molar-refractivity contribution in [1.29, 1.82) is 5.26 Å². The van der Waals surface area contributed by atoms with Crippen molar-refractivity contribution in [2.24, 2.45) is 0 Å². The number of carbonyl (C=O) groups is 1. The first-order chi connectivity index (χ1) is 6.27. The van der Waals surface area contributed by atoms with E-state index in [1.165, 1.54) is 7.11 Å². The van der Waals surface area contributed by atoms with Crippen LogP contribution >= 0.6 is 0 Å². The van der Waals surface area contributed by atoms with Crippen molar-refractivity contribution < 1.29 is 14.3 Å². The zero-order chi connectivity index (χ0) is 9.68. The van der Waals surface area contributed by atoms with Gasteiger partial charge in [0.1, 0.15) is 0 Å². The second-order valence-electron chi connectivity index (χ2n) is 2.78. The molecule has 1 atom stereocenters. The van der Waals surface area contributed by atoms with Gasteiger partial charge >= 0.3 is 5.97 Å². The molecule has 1 aliphatic heterocycles. The summed E-state index contributed by atoms with van der Waals surface area (Å²) in [5.41, 5.74) is 0. The van der Waals surface area contributed by atoms with Gasteiger partial charge in [0.05, 0.1) is 26.3 Å². The standard InChI is InChI=1S/C8H12N2O3/c1-12-8(11)7-6-10(3-2-9)4-5-13-7/h7H,3-6H2,1H3/t7-/m0/s1. The minimum Gasteiger partial charge on any atom is -0.467 e. The summed E-state index contributed by atoms with van der Waals surface area (Å²) in [6.45, 7) is 1.94. The molecule has 0 aromatic rings. The number of esters is 1. The lowest BCUT2D eigenvalue weighted by Crippen LogP contribution is -2.46. The Balaban J connectivity index is 2.42. The summed E-state index contributed by atoms with van der Waals surface area (Å²) in [6, 6.07) is 2.03. The molecule has 0 saturated carbocycles. The summed E-state index contributed by atoms with van der Waals surface area (Å²) >= 11 is 0. The van der Waals surface area contributed by atoms with Crippen molar-refractivity contribution in [3.8, 4) is 6.07 Å². The van der Waals surface area contributed by atoms with E-state index in [4.69, 9.17) is 10.00 Å². The summed E-state index contributed by atoms with van der Waals surface area (Å²) in [5, 5.41) is 8.45. The molecule has 0 unspecified atom stereocenters. The van der Waals surface area contributed by atoms with Gasteiger partial charge in [0.15, 0.2) is 6.10 Å². The van der Waals surface area contributed by atoms with Gasteiger partial charge in [0, 0.05) is 13.1 Å². The van der Waals surface area contributed by atoms with Gasteiger partial charge < -0.3 is 9.47 Å². The molecule has 0 aromatic heterocycles. The Kier molecular flexibility index (Phi) is 3.68. The van der Waals surface area contributed by atoms with Crippen molar-refractivity contribution in [2.75, 3.05) is 33.4 Å². The van der Waals surface area contributed by atoms with E-state index >= 15 is 0 Å². The molecule has 1 fully saturated rings. The molecule has 1 rings (SSSR count). The van der Waals surface area contributed by atoms with E-state index in [9.17, 15) is 4.79 Å². The maximum Gasteiger partial charge on any atom is 0.336 e. The highest BCUT2D eigenvalue weighted by molar-refractivity contribution is 5.74. The topological polar surface area (TPSA) is 62.6 Å². The Morgan fingerprint density at radius 1 is 1.85 bits per heavy atom. The van der Waals surface area contributed by atoms with E-state index in [1.807, 2.05) is 11.0 Å². The first kappa shape index (κ1) is 9.96. The number of methoxy groups -OCH3 is 1. The lowest BCUT2D eigenvalue weighted by Gasteiger charge is -2.29. The molecule has 0 aliphatic carbocycles. The van der Waals surface area contributed by atoms with Gasteiger partial charge in [-0.2, -0.15) is 5.26 Å². The quantitative estimate of drug-likeness (QED) is 0.423. The van der Waals surface area contributed by atoms with Crippen molar-refractivity contribution in [3.63, 3.8) is 0 Å². The summed E-state index contributed by atoms with van der Waals surface area (Å²) in [7, 11) is 1.33. The Labute approximate surface area is 76.8 Å². The molecule has 0 bridgehead atoms. The Morgan fingerprint density at radius 3 is 3.23 bits per heavy atom. The van der Waals surface area contributed by atoms with Crippen LogP contribution in [-0.2, 0) is 14.3 Å². The third-order valence-corrected chi connectivity index (χ3v) is 1.91. The van der Waals surface area contributed by atoms with Crippen molar-refractivity contribution in [2.45, 2.75) is 6.10 Å². The van der Waals surface area contributed by atoms with Gasteiger partial charge in [-0.1, -0.05) is 0 Å². The van der Waals surface area contributed by atoms with Crippen LogP contribution in [-0.4, -0.2) is 50.3 Å². The molecule has 1 aliphatic rings. The lowest BCUT2D eigenvalue weighted by molar-refractivity contribution is -0.159. The van der Waals surface area contributed by atoms with Crippen LogP contribution in [0.3, 0.4) is 0 Å². The van der Waals surface area contributed by atoms with Gasteiger partial charge in [0.2, 0.25) is 0 Å². The minimum atomic E-state index is -0.535. The van der Waals surface area contributed by atoms with Gasteiger partial charge in [-0.15, -0.1) is 0 Å². The number of nitrogens with zero attached hydrogens (tertiary/aromatic N) is 2. The number of hydrogen-bond donors (Lipinski definition) is 0. The van der Waals surface area contributed by atoms with Crippen LogP contribution in [0.5, 0.6) is 0 Å². The number of rotatable bonds is 2. The largest absolute Gasteiger partial charge is 0.467 e. The summed E-state index contributed by atoms with van der Waals surface area (Å²) in [6.07, 6.45) is -0.535. The molecule has 0 N–H and O–H groups in total. The highest BCUT2D eigenvalue weighted by Gasteiger charge is 2.26. The molecular weight excluding hydrogens is 172 g/mol. The van der Waals surface area contributed by atoms with Gasteiger partial charge in [0.25, 0.3) is 0 Å². The molecule has 1 heterocycles. The fourth-order valence-corrected chi connectivity index (χ4v) is 1.22. The Bertz CT molecular complexity index is 224. The van der Waals surface area contributed by atoms with E-state index in [0.29, 0.717) is 26.2 Å². The van der Waals surface area contributed by atoms with E-state index in [2.05, 4.69) is 4.74 Å². The summed E-state index contributed by atoms with van der Waals surface area (Å²) < 4.78 is 9.72. The molecule has 0 spiro atoms. The van der Waals surface area contributed by atoms with Crippen LogP contribution in [0, 0.1) is 11.3 Å². The monoisotopic (exact) mass is 184 g/mol. The highest BCUT2D eigenvalue weighted by atomic mass is 16.6. The molecule has 5 nitrogen and oxygen atoms in total. The Morgan fingerprint density at radius 2 is 2.62 bits per heavy atom. The molecule has 0 amide bonds. The van der Waals surface area contributed by atoms with Crippen molar-refractivity contribution in [1.82, 2.24) is 4.90 Å². The third-order valence-electron chi connectivity index (χ3n) is 1.91. The zero-order valence-corrected chi connectivity index (χ0v) is 7.52. The molecular formula is C8H12N2O3. The fraction of sp³-hybridized carbons (Fsp3) is 0.750. The summed E-state index contributed by atoms with van der Waals surface area (Å²) in [4.78, 5) is 12.9. The zero-order valence-electron chi connectivity index (χ0n) is 7.52. The van der Waals surface area contributed by atoms with Crippen molar-refractivity contribution >= 4 is 5.97 Å². The van der Waals surface area contributed by atoms with Crippen LogP contribution in [0.4, 0.5) is 0 Å². The minimum absolute atomic E-state index is 0.330. The number of nitriles is 1.